The molecule has 0 radical (unpaired) electrons. The number of rotatable bonds is 9. The first-order valence-electron chi connectivity index (χ1n) is 7.63. The molecule has 0 amide bonds. The van der Waals surface area contributed by atoms with Crippen LogP contribution in [0.5, 0.6) is 0 Å². The predicted octanol–water partition coefficient (Wildman–Crippen LogP) is 3.09. The number of carbonyl (C=O) groups is 1. The molecule has 2 atom stereocenters. The normalized spacial score (nSPS) is 23.8. The van der Waals surface area contributed by atoms with Crippen LogP contribution in [0.3, 0.4) is 0 Å². The maximum Gasteiger partial charge on any atom is 0.340 e. The number of unbranched alkanes of at least 4 members (excludes halogenated alkanes) is 1. The van der Waals surface area contributed by atoms with Gasteiger partial charge in [-0.25, -0.2) is 4.79 Å². The second-order valence-electron chi connectivity index (χ2n) is 5.47. The van der Waals surface area contributed by atoms with Crippen LogP contribution in [0.4, 0.5) is 0 Å². The molecule has 2 rings (SSSR count). The molecule has 1 aliphatic rings. The highest BCUT2D eigenvalue weighted by molar-refractivity contribution is 5.82. The maximum atomic E-state index is 11.7. The molecule has 1 aromatic carbocycles. The van der Waals surface area contributed by atoms with E-state index < -0.39 is 5.60 Å². The van der Waals surface area contributed by atoms with Crippen LogP contribution in [0.15, 0.2) is 30.3 Å². The zero-order valence-corrected chi connectivity index (χ0v) is 12.8. The van der Waals surface area contributed by atoms with Gasteiger partial charge in [-0.15, -0.1) is 0 Å². The van der Waals surface area contributed by atoms with E-state index in [9.17, 15) is 4.79 Å². The highest BCUT2D eigenvalue weighted by Crippen LogP contribution is 2.40. The summed E-state index contributed by atoms with van der Waals surface area (Å²) in [4.78, 5) is 11.7. The van der Waals surface area contributed by atoms with Crippen molar-refractivity contribution in [2.75, 3.05) is 13.2 Å². The van der Waals surface area contributed by atoms with Crippen molar-refractivity contribution >= 4 is 5.97 Å². The number of hydrogen-bond donors (Lipinski definition) is 0. The van der Waals surface area contributed by atoms with Crippen molar-refractivity contribution in [2.24, 2.45) is 0 Å². The van der Waals surface area contributed by atoms with Gasteiger partial charge in [-0.1, -0.05) is 30.3 Å². The van der Waals surface area contributed by atoms with Gasteiger partial charge in [0.15, 0.2) is 5.60 Å². The molecule has 0 spiro atoms. The lowest BCUT2D eigenvalue weighted by Crippen LogP contribution is -2.26. The van der Waals surface area contributed by atoms with Crippen molar-refractivity contribution in [3.63, 3.8) is 0 Å². The Labute approximate surface area is 126 Å². The predicted molar refractivity (Wildman–Crippen MR) is 79.9 cm³/mol. The van der Waals surface area contributed by atoms with Gasteiger partial charge in [-0.05, 0) is 38.7 Å². The Balaban J connectivity index is 1.52. The SMILES string of the molecule is CCOC(=O)[C@]1(C)O[C@@H]1CCCCOCc1ccccc1. The Kier molecular flexibility index (Phi) is 5.76. The molecule has 0 aromatic heterocycles. The van der Waals surface area contributed by atoms with Gasteiger partial charge >= 0.3 is 5.97 Å². The number of esters is 1. The van der Waals surface area contributed by atoms with E-state index in [2.05, 4.69) is 12.1 Å². The highest BCUT2D eigenvalue weighted by Gasteiger charge is 2.59. The van der Waals surface area contributed by atoms with E-state index in [-0.39, 0.29) is 12.1 Å². The Bertz CT molecular complexity index is 445. The van der Waals surface area contributed by atoms with Crippen LogP contribution in [0, 0.1) is 0 Å². The summed E-state index contributed by atoms with van der Waals surface area (Å²) in [6, 6.07) is 10.1. The van der Waals surface area contributed by atoms with Crippen molar-refractivity contribution < 1.29 is 19.0 Å². The topological polar surface area (TPSA) is 48.1 Å². The fourth-order valence-electron chi connectivity index (χ4n) is 2.35. The lowest BCUT2D eigenvalue weighted by atomic mass is 10.0. The maximum absolute atomic E-state index is 11.7. The Hall–Kier alpha value is -1.39. The largest absolute Gasteiger partial charge is 0.464 e. The van der Waals surface area contributed by atoms with Crippen LogP contribution in [0.1, 0.15) is 38.7 Å². The molecule has 0 aliphatic carbocycles. The van der Waals surface area contributed by atoms with Crippen LogP contribution in [-0.4, -0.2) is 30.9 Å². The van der Waals surface area contributed by atoms with Crippen LogP contribution in [0.25, 0.3) is 0 Å². The van der Waals surface area contributed by atoms with Crippen LogP contribution < -0.4 is 0 Å². The number of hydrogen-bond acceptors (Lipinski definition) is 4. The molecule has 0 bridgehead atoms. The van der Waals surface area contributed by atoms with Gasteiger partial charge in [0.05, 0.1) is 19.3 Å². The van der Waals surface area contributed by atoms with Gasteiger partial charge in [-0.3, -0.25) is 0 Å². The van der Waals surface area contributed by atoms with Gasteiger partial charge in [0.1, 0.15) is 0 Å². The minimum absolute atomic E-state index is 0.00525. The lowest BCUT2D eigenvalue weighted by Gasteiger charge is -2.06. The average Bonchev–Trinajstić information content (AvgIpc) is 3.16. The quantitative estimate of drug-likeness (QED) is 0.399. The standard InChI is InChI=1S/C17H24O4/c1-3-20-16(18)17(2)15(21-17)11-7-8-12-19-13-14-9-5-4-6-10-14/h4-6,9-10,15H,3,7-8,11-13H2,1-2H3/t15-,17-/m1/s1. The number of benzene rings is 1. The first-order valence-corrected chi connectivity index (χ1v) is 7.63. The summed E-state index contributed by atoms with van der Waals surface area (Å²) in [5.41, 5.74) is 0.485. The summed E-state index contributed by atoms with van der Waals surface area (Å²) < 4.78 is 16.1. The molecule has 4 nitrogen and oxygen atoms in total. The minimum Gasteiger partial charge on any atom is -0.464 e. The molecule has 1 saturated heterocycles. The third-order valence-electron chi connectivity index (χ3n) is 3.74. The van der Waals surface area contributed by atoms with Gasteiger partial charge < -0.3 is 14.2 Å². The Morgan fingerprint density at radius 1 is 1.29 bits per heavy atom. The van der Waals surface area contributed by atoms with Gasteiger partial charge in [-0.2, -0.15) is 0 Å². The summed E-state index contributed by atoms with van der Waals surface area (Å²) in [6.07, 6.45) is 2.86. The van der Waals surface area contributed by atoms with Crippen molar-refractivity contribution in [1.29, 1.82) is 0 Å². The van der Waals surface area contributed by atoms with Crippen molar-refractivity contribution in [1.82, 2.24) is 0 Å². The summed E-state index contributed by atoms with van der Waals surface area (Å²) >= 11 is 0. The molecule has 1 heterocycles. The second kappa shape index (κ2) is 7.57. The molecule has 1 fully saturated rings. The summed E-state index contributed by atoms with van der Waals surface area (Å²) in [7, 11) is 0. The fourth-order valence-corrected chi connectivity index (χ4v) is 2.35. The highest BCUT2D eigenvalue weighted by atomic mass is 16.7. The molecule has 1 aromatic rings. The first-order chi connectivity index (χ1) is 10.2. The average molecular weight is 292 g/mol. The molecule has 0 N–H and O–H groups in total. The van der Waals surface area contributed by atoms with Crippen molar-refractivity contribution in [2.45, 2.75) is 51.4 Å². The van der Waals surface area contributed by atoms with Gasteiger partial charge in [0, 0.05) is 6.61 Å². The molecule has 4 heteroatoms. The number of epoxide rings is 1. The third kappa shape index (κ3) is 4.55. The number of ether oxygens (including phenoxy) is 3. The second-order valence-corrected chi connectivity index (χ2v) is 5.47. The Morgan fingerprint density at radius 3 is 2.76 bits per heavy atom. The molecule has 0 saturated carbocycles. The zero-order chi connectivity index (χ0) is 15.1. The van der Waals surface area contributed by atoms with Gasteiger partial charge in [0.2, 0.25) is 0 Å². The molecule has 21 heavy (non-hydrogen) atoms. The lowest BCUT2D eigenvalue weighted by molar-refractivity contribution is -0.148. The number of carbonyl (C=O) groups excluding carboxylic acids is 1. The van der Waals surface area contributed by atoms with E-state index in [1.54, 1.807) is 0 Å². The molecule has 1 aliphatic heterocycles. The summed E-state index contributed by atoms with van der Waals surface area (Å²) in [6.45, 7) is 5.40. The van der Waals surface area contributed by atoms with Crippen LogP contribution in [0.2, 0.25) is 0 Å². The molecule has 0 unspecified atom stereocenters. The van der Waals surface area contributed by atoms with E-state index in [4.69, 9.17) is 14.2 Å². The van der Waals surface area contributed by atoms with E-state index in [0.29, 0.717) is 13.2 Å². The van der Waals surface area contributed by atoms with Gasteiger partial charge in [0.25, 0.3) is 0 Å². The van der Waals surface area contributed by atoms with Crippen molar-refractivity contribution in [3.05, 3.63) is 35.9 Å². The third-order valence-corrected chi connectivity index (χ3v) is 3.74. The fraction of sp³-hybridized carbons (Fsp3) is 0.588. The minimum atomic E-state index is -0.707. The van der Waals surface area contributed by atoms with E-state index in [1.807, 2.05) is 32.0 Å². The Morgan fingerprint density at radius 2 is 2.05 bits per heavy atom. The van der Waals surface area contributed by atoms with Crippen LogP contribution in [-0.2, 0) is 25.6 Å². The summed E-state index contributed by atoms with van der Waals surface area (Å²) in [5.74, 6) is -0.240. The molecular formula is C17H24O4. The first kappa shape index (κ1) is 16.0. The van der Waals surface area contributed by atoms with E-state index >= 15 is 0 Å². The summed E-state index contributed by atoms with van der Waals surface area (Å²) in [5, 5.41) is 0. The molecular weight excluding hydrogens is 268 g/mol. The van der Waals surface area contributed by atoms with E-state index in [1.165, 1.54) is 5.56 Å². The smallest absolute Gasteiger partial charge is 0.340 e. The monoisotopic (exact) mass is 292 g/mol. The van der Waals surface area contributed by atoms with Crippen LogP contribution >= 0.6 is 0 Å². The van der Waals surface area contributed by atoms with E-state index in [0.717, 1.165) is 25.9 Å². The van der Waals surface area contributed by atoms with Crippen molar-refractivity contribution in [3.8, 4) is 0 Å². The zero-order valence-electron chi connectivity index (χ0n) is 12.8. The molecule has 116 valence electrons.